The quantitative estimate of drug-likeness (QED) is 0.539. The average molecular weight is 436 g/mol. The minimum atomic E-state index is -0.241. The third-order valence-electron chi connectivity index (χ3n) is 3.79. The van der Waals surface area contributed by atoms with E-state index in [1.165, 1.54) is 37.8 Å². The van der Waals surface area contributed by atoms with Gasteiger partial charge in [-0.1, -0.05) is 23.4 Å². The number of hydrogen-bond acceptors (Lipinski definition) is 8. The Morgan fingerprint density at radius 3 is 2.34 bits per heavy atom. The van der Waals surface area contributed by atoms with E-state index >= 15 is 0 Å². The third-order valence-corrected chi connectivity index (χ3v) is 4.96. The first-order valence-electron chi connectivity index (χ1n) is 8.32. The number of anilines is 1. The monoisotopic (exact) mass is 435 g/mol. The standard InChI is InChI=1S/C18H18ClN5O4S/c1-26-14-8-12(9-15(27-2)17(14)28-3)20-16(25)10-29-18-21-22-23-24(18)13-6-4-11(19)5-7-13/h4-9H,10H2,1-3H3,(H,20,25). The van der Waals surface area contributed by atoms with Gasteiger partial charge in [0.2, 0.25) is 16.8 Å². The number of nitrogens with one attached hydrogen (secondary N) is 1. The fraction of sp³-hybridized carbons (Fsp3) is 0.222. The number of ether oxygens (including phenoxy) is 3. The number of hydrogen-bond donors (Lipinski definition) is 1. The molecule has 1 amide bonds. The summed E-state index contributed by atoms with van der Waals surface area (Å²) in [6.07, 6.45) is 0. The smallest absolute Gasteiger partial charge is 0.234 e. The lowest BCUT2D eigenvalue weighted by Gasteiger charge is -2.14. The average Bonchev–Trinajstić information content (AvgIpc) is 3.20. The Morgan fingerprint density at radius 2 is 1.76 bits per heavy atom. The van der Waals surface area contributed by atoms with Crippen LogP contribution in [0.3, 0.4) is 0 Å². The summed E-state index contributed by atoms with van der Waals surface area (Å²) in [5.74, 6) is 1.20. The second-order valence-corrected chi connectivity index (χ2v) is 6.98. The first-order chi connectivity index (χ1) is 14.0. The lowest BCUT2D eigenvalue weighted by atomic mass is 10.2. The highest BCUT2D eigenvalue weighted by molar-refractivity contribution is 7.99. The second kappa shape index (κ2) is 9.48. The molecule has 29 heavy (non-hydrogen) atoms. The van der Waals surface area contributed by atoms with Crippen molar-refractivity contribution in [2.75, 3.05) is 32.4 Å². The molecule has 9 nitrogen and oxygen atoms in total. The Labute approximate surface area is 176 Å². The van der Waals surface area contributed by atoms with Gasteiger partial charge in [-0.25, -0.2) is 0 Å². The Hall–Kier alpha value is -2.98. The van der Waals surface area contributed by atoms with Crippen LogP contribution in [0.25, 0.3) is 5.69 Å². The topological polar surface area (TPSA) is 100 Å². The van der Waals surface area contributed by atoms with Gasteiger partial charge in [-0.05, 0) is 34.7 Å². The van der Waals surface area contributed by atoms with Crippen LogP contribution in [0.5, 0.6) is 17.2 Å². The van der Waals surface area contributed by atoms with Crippen molar-refractivity contribution in [3.05, 3.63) is 41.4 Å². The summed E-state index contributed by atoms with van der Waals surface area (Å²) < 4.78 is 17.4. The maximum atomic E-state index is 12.4. The molecule has 0 radical (unpaired) electrons. The van der Waals surface area contributed by atoms with E-state index in [4.69, 9.17) is 25.8 Å². The molecule has 2 aromatic carbocycles. The normalized spacial score (nSPS) is 10.5. The Kier molecular flexibility index (Phi) is 6.78. The molecule has 0 fully saturated rings. The van der Waals surface area contributed by atoms with Crippen LogP contribution in [-0.4, -0.2) is 53.2 Å². The SMILES string of the molecule is COc1cc(NC(=O)CSc2nnnn2-c2ccc(Cl)cc2)cc(OC)c1OC. The first-order valence-corrected chi connectivity index (χ1v) is 9.69. The summed E-state index contributed by atoms with van der Waals surface area (Å²) >= 11 is 7.11. The van der Waals surface area contributed by atoms with Gasteiger partial charge in [-0.2, -0.15) is 4.68 Å². The molecule has 3 aromatic rings. The van der Waals surface area contributed by atoms with Crippen molar-refractivity contribution >= 4 is 35.0 Å². The van der Waals surface area contributed by atoms with E-state index < -0.39 is 0 Å². The number of carbonyl (C=O) groups excluding carboxylic acids is 1. The van der Waals surface area contributed by atoms with Crippen molar-refractivity contribution in [2.45, 2.75) is 5.16 Å². The molecule has 1 aromatic heterocycles. The van der Waals surface area contributed by atoms with Crippen LogP contribution in [0.2, 0.25) is 5.02 Å². The van der Waals surface area contributed by atoms with Crippen molar-refractivity contribution in [2.24, 2.45) is 0 Å². The molecule has 1 N–H and O–H groups in total. The fourth-order valence-corrected chi connectivity index (χ4v) is 3.31. The van der Waals surface area contributed by atoms with Gasteiger partial charge in [-0.15, -0.1) is 5.10 Å². The number of nitrogens with zero attached hydrogens (tertiary/aromatic N) is 4. The highest BCUT2D eigenvalue weighted by Crippen LogP contribution is 2.40. The maximum absolute atomic E-state index is 12.4. The van der Waals surface area contributed by atoms with Crippen LogP contribution in [0.1, 0.15) is 0 Å². The lowest BCUT2D eigenvalue weighted by molar-refractivity contribution is -0.113. The summed E-state index contributed by atoms with van der Waals surface area (Å²) in [5.41, 5.74) is 1.26. The number of thioether (sulfide) groups is 1. The molecule has 0 unspecified atom stereocenters. The van der Waals surface area contributed by atoms with Crippen LogP contribution < -0.4 is 19.5 Å². The van der Waals surface area contributed by atoms with Gasteiger partial charge in [0, 0.05) is 22.8 Å². The molecule has 0 bridgehead atoms. The van der Waals surface area contributed by atoms with Crippen molar-refractivity contribution < 1.29 is 19.0 Å². The second-order valence-electron chi connectivity index (χ2n) is 5.60. The number of methoxy groups -OCH3 is 3. The van der Waals surface area contributed by atoms with E-state index in [9.17, 15) is 4.79 Å². The molecule has 0 atom stereocenters. The highest BCUT2D eigenvalue weighted by atomic mass is 35.5. The van der Waals surface area contributed by atoms with Crippen LogP contribution in [0.15, 0.2) is 41.6 Å². The van der Waals surface area contributed by atoms with Crippen LogP contribution >= 0.6 is 23.4 Å². The van der Waals surface area contributed by atoms with E-state index in [-0.39, 0.29) is 11.7 Å². The molecule has 0 spiro atoms. The number of tetrazole rings is 1. The number of halogens is 1. The van der Waals surface area contributed by atoms with Gasteiger partial charge in [0.1, 0.15) is 0 Å². The number of benzene rings is 2. The van der Waals surface area contributed by atoms with Gasteiger partial charge < -0.3 is 19.5 Å². The molecule has 0 aliphatic rings. The zero-order chi connectivity index (χ0) is 20.8. The number of rotatable bonds is 8. The zero-order valence-electron chi connectivity index (χ0n) is 15.9. The molecule has 3 rings (SSSR count). The summed E-state index contributed by atoms with van der Waals surface area (Å²) in [4.78, 5) is 12.4. The molecule has 152 valence electrons. The minimum absolute atomic E-state index is 0.102. The van der Waals surface area contributed by atoms with Gasteiger partial charge in [0.05, 0.1) is 32.8 Å². The molecular formula is C18H18ClN5O4S. The lowest BCUT2D eigenvalue weighted by Crippen LogP contribution is -2.15. The van der Waals surface area contributed by atoms with Gasteiger partial charge in [-0.3, -0.25) is 4.79 Å². The number of aromatic nitrogens is 4. The Morgan fingerprint density at radius 1 is 1.10 bits per heavy atom. The summed E-state index contributed by atoms with van der Waals surface area (Å²) in [5, 5.41) is 15.5. The van der Waals surface area contributed by atoms with Crippen molar-refractivity contribution in [3.8, 4) is 22.9 Å². The number of carbonyl (C=O) groups is 1. The van der Waals surface area contributed by atoms with Crippen molar-refractivity contribution in [3.63, 3.8) is 0 Å². The molecule has 11 heteroatoms. The summed E-state index contributed by atoms with van der Waals surface area (Å²) in [6, 6.07) is 10.4. The van der Waals surface area contributed by atoms with Crippen LogP contribution in [0, 0.1) is 0 Å². The summed E-state index contributed by atoms with van der Waals surface area (Å²) in [6.45, 7) is 0. The van der Waals surface area contributed by atoms with E-state index in [2.05, 4.69) is 20.8 Å². The van der Waals surface area contributed by atoms with Crippen LogP contribution in [0.4, 0.5) is 5.69 Å². The molecular weight excluding hydrogens is 418 g/mol. The Bertz CT molecular complexity index is 971. The molecule has 0 aliphatic carbocycles. The van der Waals surface area contributed by atoms with Crippen molar-refractivity contribution in [1.82, 2.24) is 20.2 Å². The predicted molar refractivity (Wildman–Crippen MR) is 110 cm³/mol. The van der Waals surface area contributed by atoms with Crippen molar-refractivity contribution in [1.29, 1.82) is 0 Å². The first kappa shape index (κ1) is 20.7. The highest BCUT2D eigenvalue weighted by Gasteiger charge is 2.16. The van der Waals surface area contributed by atoms with Gasteiger partial charge in [0.15, 0.2) is 11.5 Å². The van der Waals surface area contributed by atoms with E-state index in [0.29, 0.717) is 33.1 Å². The molecule has 0 saturated heterocycles. The zero-order valence-corrected chi connectivity index (χ0v) is 17.5. The largest absolute Gasteiger partial charge is 0.493 e. The fourth-order valence-electron chi connectivity index (χ4n) is 2.49. The molecule has 0 aliphatic heterocycles. The van der Waals surface area contributed by atoms with E-state index in [0.717, 1.165) is 5.69 Å². The Balaban J connectivity index is 1.68. The van der Waals surface area contributed by atoms with Crippen LogP contribution in [-0.2, 0) is 4.79 Å². The maximum Gasteiger partial charge on any atom is 0.234 e. The predicted octanol–water partition coefficient (Wildman–Crippen LogP) is 3.07. The number of amides is 1. The molecule has 1 heterocycles. The minimum Gasteiger partial charge on any atom is -0.493 e. The summed E-state index contributed by atoms with van der Waals surface area (Å²) in [7, 11) is 4.53. The van der Waals surface area contributed by atoms with E-state index in [1.807, 2.05) is 0 Å². The van der Waals surface area contributed by atoms with Gasteiger partial charge in [0.25, 0.3) is 0 Å². The van der Waals surface area contributed by atoms with E-state index in [1.54, 1.807) is 36.4 Å². The van der Waals surface area contributed by atoms with Gasteiger partial charge >= 0.3 is 0 Å². The molecule has 0 saturated carbocycles. The third kappa shape index (κ3) is 4.90.